The van der Waals surface area contributed by atoms with Crippen molar-refractivity contribution in [3.05, 3.63) is 53.4 Å². The fraction of sp³-hybridized carbons (Fsp3) is 0.200. The van der Waals surface area contributed by atoms with E-state index in [9.17, 15) is 4.79 Å². The van der Waals surface area contributed by atoms with Gasteiger partial charge >= 0.3 is 0 Å². The maximum Gasteiger partial charge on any atom is 0.266 e. The second-order valence-corrected chi connectivity index (χ2v) is 7.03. The summed E-state index contributed by atoms with van der Waals surface area (Å²) in [5.41, 5.74) is 2.74. The van der Waals surface area contributed by atoms with E-state index in [-0.39, 0.29) is 12.7 Å². The van der Waals surface area contributed by atoms with E-state index in [1.54, 1.807) is 6.92 Å². The van der Waals surface area contributed by atoms with Gasteiger partial charge in [0, 0.05) is 10.9 Å². The molecule has 0 unspecified atom stereocenters. The number of carbonyl (C=O) groups is 1. The first kappa shape index (κ1) is 17.4. The number of aryl methyl sites for hydroxylation is 1. The predicted octanol–water partition coefficient (Wildman–Crippen LogP) is 4.25. The van der Waals surface area contributed by atoms with Gasteiger partial charge in [-0.1, -0.05) is 12.1 Å². The van der Waals surface area contributed by atoms with Crippen molar-refractivity contribution < 1.29 is 19.0 Å². The van der Waals surface area contributed by atoms with Gasteiger partial charge < -0.3 is 14.2 Å². The van der Waals surface area contributed by atoms with Gasteiger partial charge in [0.25, 0.3) is 5.91 Å². The van der Waals surface area contributed by atoms with E-state index in [4.69, 9.17) is 14.2 Å². The molecular weight excluding hydrogens is 364 g/mol. The number of rotatable bonds is 5. The van der Waals surface area contributed by atoms with E-state index in [2.05, 4.69) is 10.3 Å². The minimum atomic E-state index is -0.635. The zero-order chi connectivity index (χ0) is 18.8. The van der Waals surface area contributed by atoms with Crippen LogP contribution in [0.25, 0.3) is 11.3 Å². The largest absolute Gasteiger partial charge is 0.481 e. The number of benzene rings is 2. The molecule has 0 bridgehead atoms. The third-order valence-electron chi connectivity index (χ3n) is 4.07. The average molecular weight is 382 g/mol. The monoisotopic (exact) mass is 382 g/mol. The average Bonchev–Trinajstić information content (AvgIpc) is 3.30. The summed E-state index contributed by atoms with van der Waals surface area (Å²) in [6.45, 7) is 3.92. The molecule has 138 valence electrons. The molecule has 27 heavy (non-hydrogen) atoms. The lowest BCUT2D eigenvalue weighted by atomic mass is 10.1. The van der Waals surface area contributed by atoms with Crippen LogP contribution in [0.3, 0.4) is 0 Å². The van der Waals surface area contributed by atoms with Crippen molar-refractivity contribution in [3.8, 4) is 28.5 Å². The number of nitrogens with one attached hydrogen (secondary N) is 1. The van der Waals surface area contributed by atoms with Crippen LogP contribution in [0.5, 0.6) is 17.2 Å². The van der Waals surface area contributed by atoms with Crippen molar-refractivity contribution in [2.75, 3.05) is 12.1 Å². The number of thiazole rings is 1. The molecule has 1 atom stereocenters. The first-order chi connectivity index (χ1) is 13.1. The normalized spacial score (nSPS) is 13.3. The highest BCUT2D eigenvalue weighted by atomic mass is 32.1. The number of hydrogen-bond donors (Lipinski definition) is 1. The summed E-state index contributed by atoms with van der Waals surface area (Å²) >= 11 is 1.36. The summed E-state index contributed by atoms with van der Waals surface area (Å²) in [4.78, 5) is 16.9. The molecule has 1 amide bonds. The summed E-state index contributed by atoms with van der Waals surface area (Å²) < 4.78 is 16.4. The minimum absolute atomic E-state index is 0.232. The van der Waals surface area contributed by atoms with Crippen molar-refractivity contribution in [1.29, 1.82) is 0 Å². The van der Waals surface area contributed by atoms with Crippen LogP contribution < -0.4 is 19.5 Å². The number of hydrogen-bond acceptors (Lipinski definition) is 6. The van der Waals surface area contributed by atoms with Crippen molar-refractivity contribution in [2.45, 2.75) is 20.0 Å². The van der Waals surface area contributed by atoms with Crippen molar-refractivity contribution in [3.63, 3.8) is 0 Å². The molecule has 2 aromatic carbocycles. The van der Waals surface area contributed by atoms with Crippen LogP contribution >= 0.6 is 11.3 Å². The maximum absolute atomic E-state index is 12.4. The van der Waals surface area contributed by atoms with Gasteiger partial charge in [-0.25, -0.2) is 4.98 Å². The fourth-order valence-corrected chi connectivity index (χ4v) is 3.40. The molecule has 0 saturated carbocycles. The number of ether oxygens (including phenoxy) is 3. The predicted molar refractivity (Wildman–Crippen MR) is 104 cm³/mol. The van der Waals surface area contributed by atoms with Crippen LogP contribution in [0.4, 0.5) is 5.13 Å². The van der Waals surface area contributed by atoms with Crippen molar-refractivity contribution >= 4 is 22.4 Å². The zero-order valence-corrected chi connectivity index (χ0v) is 15.7. The smallest absolute Gasteiger partial charge is 0.266 e. The molecule has 6 nitrogen and oxygen atoms in total. The third kappa shape index (κ3) is 3.88. The lowest BCUT2D eigenvalue weighted by Gasteiger charge is -2.14. The van der Waals surface area contributed by atoms with Crippen LogP contribution in [0.2, 0.25) is 0 Å². The molecule has 1 N–H and O–H groups in total. The fourth-order valence-electron chi connectivity index (χ4n) is 2.67. The number of nitrogens with zero attached hydrogens (tertiary/aromatic N) is 1. The number of carbonyl (C=O) groups excluding carboxylic acids is 1. The Bertz CT molecular complexity index is 986. The van der Waals surface area contributed by atoms with E-state index < -0.39 is 6.10 Å². The maximum atomic E-state index is 12.4. The van der Waals surface area contributed by atoms with Gasteiger partial charge in [-0.05, 0) is 49.7 Å². The highest BCUT2D eigenvalue weighted by Crippen LogP contribution is 2.36. The SMILES string of the molecule is Cc1cccc(O[C@@H](C)C(=O)Nc2nc(-c3ccc4c(c3)OCO4)cs2)c1. The van der Waals surface area contributed by atoms with Gasteiger partial charge in [-0.15, -0.1) is 11.3 Å². The van der Waals surface area contributed by atoms with E-state index in [1.165, 1.54) is 11.3 Å². The number of amides is 1. The minimum Gasteiger partial charge on any atom is -0.481 e. The molecular formula is C20H18N2O4S. The molecule has 7 heteroatoms. The van der Waals surface area contributed by atoms with E-state index in [0.717, 1.165) is 22.6 Å². The van der Waals surface area contributed by atoms with Gasteiger partial charge in [0.15, 0.2) is 22.7 Å². The molecule has 2 heterocycles. The van der Waals surface area contributed by atoms with Crippen LogP contribution in [0.15, 0.2) is 47.8 Å². The Kier molecular flexibility index (Phi) is 4.68. The van der Waals surface area contributed by atoms with E-state index in [1.807, 2.05) is 54.8 Å². The van der Waals surface area contributed by atoms with Crippen molar-refractivity contribution in [1.82, 2.24) is 4.98 Å². The van der Waals surface area contributed by atoms with Crippen LogP contribution in [0, 0.1) is 6.92 Å². The topological polar surface area (TPSA) is 69.7 Å². The summed E-state index contributed by atoms with van der Waals surface area (Å²) in [5.74, 6) is 1.84. The van der Waals surface area contributed by atoms with Crippen molar-refractivity contribution in [2.24, 2.45) is 0 Å². The van der Waals surface area contributed by atoms with E-state index >= 15 is 0 Å². The van der Waals surface area contributed by atoms with Crippen LogP contribution in [-0.4, -0.2) is 23.8 Å². The standard InChI is InChI=1S/C20H18N2O4S/c1-12-4-3-5-15(8-12)26-13(2)19(23)22-20-21-16(10-27-20)14-6-7-17-18(9-14)25-11-24-17/h3-10,13H,11H2,1-2H3,(H,21,22,23)/t13-/m0/s1. The van der Waals surface area contributed by atoms with Gasteiger partial charge in [0.05, 0.1) is 5.69 Å². The summed E-state index contributed by atoms with van der Waals surface area (Å²) in [7, 11) is 0. The number of fused-ring (bicyclic) bond motifs is 1. The number of aromatic nitrogens is 1. The molecule has 3 aromatic rings. The molecule has 1 aliphatic heterocycles. The summed E-state index contributed by atoms with van der Waals surface area (Å²) in [6.07, 6.45) is -0.635. The lowest BCUT2D eigenvalue weighted by molar-refractivity contribution is -0.122. The summed E-state index contributed by atoms with van der Waals surface area (Å²) in [6, 6.07) is 13.2. The molecule has 0 fully saturated rings. The van der Waals surface area contributed by atoms with E-state index in [0.29, 0.717) is 16.6 Å². The Morgan fingerprint density at radius 2 is 2.07 bits per heavy atom. The Morgan fingerprint density at radius 1 is 1.22 bits per heavy atom. The molecule has 0 saturated heterocycles. The molecule has 1 aliphatic rings. The first-order valence-corrected chi connectivity index (χ1v) is 9.36. The molecule has 0 aliphatic carbocycles. The molecule has 0 spiro atoms. The Hall–Kier alpha value is -3.06. The first-order valence-electron chi connectivity index (χ1n) is 8.48. The molecule has 0 radical (unpaired) electrons. The second-order valence-electron chi connectivity index (χ2n) is 6.17. The van der Waals surface area contributed by atoms with Crippen LogP contribution in [0.1, 0.15) is 12.5 Å². The Labute approximate surface area is 160 Å². The Balaban J connectivity index is 1.42. The van der Waals surface area contributed by atoms with Gasteiger partial charge in [0.1, 0.15) is 5.75 Å². The number of anilines is 1. The van der Waals surface area contributed by atoms with Crippen LogP contribution in [-0.2, 0) is 4.79 Å². The quantitative estimate of drug-likeness (QED) is 0.714. The molecule has 4 rings (SSSR count). The highest BCUT2D eigenvalue weighted by molar-refractivity contribution is 7.14. The summed E-state index contributed by atoms with van der Waals surface area (Å²) in [5, 5.41) is 5.22. The van der Waals surface area contributed by atoms with Gasteiger partial charge in [-0.2, -0.15) is 0 Å². The molecule has 1 aromatic heterocycles. The van der Waals surface area contributed by atoms with Gasteiger partial charge in [0.2, 0.25) is 6.79 Å². The van der Waals surface area contributed by atoms with Gasteiger partial charge in [-0.3, -0.25) is 10.1 Å². The highest BCUT2D eigenvalue weighted by Gasteiger charge is 2.18. The lowest BCUT2D eigenvalue weighted by Crippen LogP contribution is -2.30. The zero-order valence-electron chi connectivity index (χ0n) is 14.9. The third-order valence-corrected chi connectivity index (χ3v) is 4.83. The Morgan fingerprint density at radius 3 is 2.93 bits per heavy atom. The second kappa shape index (κ2) is 7.28.